The van der Waals surface area contributed by atoms with Crippen molar-refractivity contribution in [3.63, 3.8) is 0 Å². The number of hydrogen-bond acceptors (Lipinski definition) is 5. The van der Waals surface area contributed by atoms with E-state index in [0.717, 1.165) is 17.7 Å². The van der Waals surface area contributed by atoms with Gasteiger partial charge < -0.3 is 0 Å². The summed E-state index contributed by atoms with van der Waals surface area (Å²) in [7, 11) is -4.07. The molecule has 2 aromatic rings. The van der Waals surface area contributed by atoms with Gasteiger partial charge in [0.05, 0.1) is 9.82 Å². The second kappa shape index (κ2) is 5.44. The standard InChI is InChI=1S/C12H10FN3O4S/c1-8-2-5-12(14-7-8)15-21(19,20)9-3-4-11(16(17)18)10(13)6-9/h2-7H,1H3,(H,14,15). The number of aryl methyl sites for hydroxylation is 1. The number of rotatable bonds is 4. The lowest BCUT2D eigenvalue weighted by Crippen LogP contribution is -2.14. The van der Waals surface area contributed by atoms with Crippen molar-refractivity contribution in [2.75, 3.05) is 4.72 Å². The van der Waals surface area contributed by atoms with Crippen LogP contribution in [0.2, 0.25) is 0 Å². The average Bonchev–Trinajstić information content (AvgIpc) is 2.40. The van der Waals surface area contributed by atoms with Gasteiger partial charge in [0, 0.05) is 18.3 Å². The third kappa shape index (κ3) is 3.31. The van der Waals surface area contributed by atoms with Gasteiger partial charge in [-0.15, -0.1) is 0 Å². The van der Waals surface area contributed by atoms with Gasteiger partial charge in [-0.1, -0.05) is 6.07 Å². The average molecular weight is 311 g/mol. The molecule has 0 unspecified atom stereocenters. The van der Waals surface area contributed by atoms with Crippen LogP contribution in [0, 0.1) is 22.9 Å². The van der Waals surface area contributed by atoms with Gasteiger partial charge in [0.1, 0.15) is 5.82 Å². The van der Waals surface area contributed by atoms with E-state index in [0.29, 0.717) is 6.07 Å². The molecule has 0 saturated heterocycles. The summed E-state index contributed by atoms with van der Waals surface area (Å²) in [6.45, 7) is 1.79. The van der Waals surface area contributed by atoms with E-state index in [1.807, 2.05) is 0 Å². The zero-order chi connectivity index (χ0) is 15.6. The molecule has 0 aliphatic rings. The molecule has 1 heterocycles. The van der Waals surface area contributed by atoms with Crippen molar-refractivity contribution in [2.24, 2.45) is 0 Å². The molecule has 0 aliphatic heterocycles. The Morgan fingerprint density at radius 2 is 2.00 bits per heavy atom. The maximum Gasteiger partial charge on any atom is 0.304 e. The van der Waals surface area contributed by atoms with Gasteiger partial charge in [0.25, 0.3) is 10.0 Å². The van der Waals surface area contributed by atoms with E-state index in [2.05, 4.69) is 9.71 Å². The first kappa shape index (κ1) is 14.9. The molecular weight excluding hydrogens is 301 g/mol. The van der Waals surface area contributed by atoms with E-state index >= 15 is 0 Å². The molecule has 110 valence electrons. The van der Waals surface area contributed by atoms with Crippen molar-refractivity contribution in [3.05, 3.63) is 58.0 Å². The fraction of sp³-hybridized carbons (Fsp3) is 0.0833. The van der Waals surface area contributed by atoms with Crippen molar-refractivity contribution < 1.29 is 17.7 Å². The van der Waals surface area contributed by atoms with Crippen LogP contribution in [0.4, 0.5) is 15.9 Å². The van der Waals surface area contributed by atoms with E-state index in [-0.39, 0.29) is 5.82 Å². The molecule has 1 aromatic carbocycles. The zero-order valence-corrected chi connectivity index (χ0v) is 11.6. The highest BCUT2D eigenvalue weighted by atomic mass is 32.2. The van der Waals surface area contributed by atoms with Gasteiger partial charge in [-0.25, -0.2) is 13.4 Å². The fourth-order valence-electron chi connectivity index (χ4n) is 1.53. The fourth-order valence-corrected chi connectivity index (χ4v) is 2.55. The van der Waals surface area contributed by atoms with Crippen LogP contribution in [0.25, 0.3) is 0 Å². The normalized spacial score (nSPS) is 11.1. The molecule has 1 aromatic heterocycles. The minimum atomic E-state index is -4.07. The lowest BCUT2D eigenvalue weighted by atomic mass is 10.3. The van der Waals surface area contributed by atoms with Gasteiger partial charge in [-0.05, 0) is 24.6 Å². The van der Waals surface area contributed by atoms with Crippen LogP contribution < -0.4 is 4.72 Å². The summed E-state index contributed by atoms with van der Waals surface area (Å²) in [4.78, 5) is 13.0. The molecule has 0 spiro atoms. The molecule has 7 nitrogen and oxygen atoms in total. The molecule has 0 saturated carbocycles. The van der Waals surface area contributed by atoms with Crippen LogP contribution in [-0.4, -0.2) is 18.3 Å². The van der Waals surface area contributed by atoms with E-state index in [4.69, 9.17) is 0 Å². The van der Waals surface area contributed by atoms with Gasteiger partial charge in [-0.2, -0.15) is 4.39 Å². The maximum absolute atomic E-state index is 13.5. The van der Waals surface area contributed by atoms with Crippen molar-refractivity contribution in [2.45, 2.75) is 11.8 Å². The Balaban J connectivity index is 2.33. The largest absolute Gasteiger partial charge is 0.304 e. The Morgan fingerprint density at radius 3 is 2.52 bits per heavy atom. The molecule has 21 heavy (non-hydrogen) atoms. The molecule has 0 amide bonds. The molecule has 0 aliphatic carbocycles. The molecular formula is C12H10FN3O4S. The van der Waals surface area contributed by atoms with Crippen molar-refractivity contribution >= 4 is 21.5 Å². The molecule has 1 N–H and O–H groups in total. The maximum atomic E-state index is 13.5. The van der Waals surface area contributed by atoms with E-state index in [1.165, 1.54) is 12.3 Å². The molecule has 0 bridgehead atoms. The minimum absolute atomic E-state index is 0.0689. The Morgan fingerprint density at radius 1 is 1.29 bits per heavy atom. The van der Waals surface area contributed by atoms with Crippen LogP contribution in [0.1, 0.15) is 5.56 Å². The Hall–Kier alpha value is -2.55. The number of aromatic nitrogens is 1. The number of hydrogen-bond donors (Lipinski definition) is 1. The number of pyridine rings is 1. The first-order valence-corrected chi connectivity index (χ1v) is 7.17. The Bertz CT molecular complexity index is 791. The lowest BCUT2D eigenvalue weighted by molar-refractivity contribution is -0.387. The van der Waals surface area contributed by atoms with Gasteiger partial charge >= 0.3 is 5.69 Å². The minimum Gasteiger partial charge on any atom is -0.263 e. The summed E-state index contributed by atoms with van der Waals surface area (Å²) < 4.78 is 39.7. The summed E-state index contributed by atoms with van der Waals surface area (Å²) in [5.74, 6) is -1.15. The van der Waals surface area contributed by atoms with E-state index in [9.17, 15) is 22.9 Å². The molecule has 0 radical (unpaired) electrons. The number of benzene rings is 1. The summed E-state index contributed by atoms with van der Waals surface area (Å²) in [6.07, 6.45) is 1.47. The van der Waals surface area contributed by atoms with Crippen LogP contribution >= 0.6 is 0 Å². The number of nitrogens with zero attached hydrogens (tertiary/aromatic N) is 2. The smallest absolute Gasteiger partial charge is 0.263 e. The Labute approximate surface area is 119 Å². The molecule has 9 heteroatoms. The number of nitro groups is 1. The quantitative estimate of drug-likeness (QED) is 0.689. The zero-order valence-electron chi connectivity index (χ0n) is 10.8. The second-order valence-electron chi connectivity index (χ2n) is 4.20. The predicted molar refractivity (Wildman–Crippen MR) is 72.8 cm³/mol. The number of sulfonamides is 1. The first-order chi connectivity index (χ1) is 9.79. The van der Waals surface area contributed by atoms with E-state index in [1.54, 1.807) is 13.0 Å². The monoisotopic (exact) mass is 311 g/mol. The predicted octanol–water partition coefficient (Wildman–Crippen LogP) is 2.24. The highest BCUT2D eigenvalue weighted by Crippen LogP contribution is 2.22. The highest BCUT2D eigenvalue weighted by molar-refractivity contribution is 7.92. The molecule has 2 rings (SSSR count). The van der Waals surface area contributed by atoms with Crippen LogP contribution in [0.3, 0.4) is 0 Å². The van der Waals surface area contributed by atoms with E-state index < -0.39 is 31.3 Å². The SMILES string of the molecule is Cc1ccc(NS(=O)(=O)c2ccc([N+](=O)[O-])c(F)c2)nc1. The van der Waals surface area contributed by atoms with Crippen LogP contribution in [0.15, 0.2) is 41.4 Å². The first-order valence-electron chi connectivity index (χ1n) is 5.69. The third-order valence-corrected chi connectivity index (χ3v) is 3.93. The summed E-state index contributed by atoms with van der Waals surface area (Å²) in [6, 6.07) is 5.45. The number of anilines is 1. The van der Waals surface area contributed by atoms with Crippen molar-refractivity contribution in [3.8, 4) is 0 Å². The van der Waals surface area contributed by atoms with Crippen molar-refractivity contribution in [1.29, 1.82) is 0 Å². The molecule has 0 fully saturated rings. The Kier molecular flexibility index (Phi) is 3.85. The second-order valence-corrected chi connectivity index (χ2v) is 5.88. The number of halogens is 1. The van der Waals surface area contributed by atoms with Gasteiger partial charge in [0.15, 0.2) is 0 Å². The van der Waals surface area contributed by atoms with Crippen molar-refractivity contribution in [1.82, 2.24) is 4.98 Å². The van der Waals surface area contributed by atoms with Crippen LogP contribution in [-0.2, 0) is 10.0 Å². The number of nitro benzene ring substituents is 1. The molecule has 0 atom stereocenters. The topological polar surface area (TPSA) is 102 Å². The lowest BCUT2D eigenvalue weighted by Gasteiger charge is -2.07. The third-order valence-electron chi connectivity index (χ3n) is 2.58. The number of nitrogens with one attached hydrogen (secondary N) is 1. The van der Waals surface area contributed by atoms with Gasteiger partial charge in [-0.3, -0.25) is 14.8 Å². The summed E-state index contributed by atoms with van der Waals surface area (Å²) in [5.41, 5.74) is 0.0572. The van der Waals surface area contributed by atoms with Gasteiger partial charge in [0.2, 0.25) is 5.82 Å². The summed E-state index contributed by atoms with van der Waals surface area (Å²) >= 11 is 0. The highest BCUT2D eigenvalue weighted by Gasteiger charge is 2.21. The summed E-state index contributed by atoms with van der Waals surface area (Å²) in [5, 5.41) is 10.5. The van der Waals surface area contributed by atoms with Crippen LogP contribution in [0.5, 0.6) is 0 Å².